The van der Waals surface area contributed by atoms with Crippen LogP contribution >= 0.6 is 15.9 Å². The predicted molar refractivity (Wildman–Crippen MR) is 142 cm³/mol. The fourth-order valence-electron chi connectivity index (χ4n) is 4.98. The maximum atomic E-state index is 13.4. The molecule has 5 rings (SSSR count). The highest BCUT2D eigenvalue weighted by Gasteiger charge is 2.46. The van der Waals surface area contributed by atoms with Crippen molar-refractivity contribution < 1.29 is 29.3 Å². The topological polar surface area (TPSA) is 96.3 Å². The van der Waals surface area contributed by atoms with Crippen molar-refractivity contribution in [2.75, 3.05) is 13.7 Å². The summed E-state index contributed by atoms with van der Waals surface area (Å²) in [5.41, 5.74) is 2.89. The molecule has 0 spiro atoms. The van der Waals surface area contributed by atoms with Crippen molar-refractivity contribution >= 4 is 33.4 Å². The van der Waals surface area contributed by atoms with Crippen LogP contribution in [0.15, 0.2) is 70.7 Å². The van der Waals surface area contributed by atoms with Crippen molar-refractivity contribution in [2.24, 2.45) is 0 Å². The number of hydrogen-bond donors (Lipinski definition) is 2. The first-order valence-corrected chi connectivity index (χ1v) is 12.8. The Bertz CT molecular complexity index is 1420. The number of halogens is 1. The minimum Gasteiger partial charge on any atom is -0.507 e. The SMILES string of the molecule is COc1cc([C@H]2C(=C(O)c3ccc4c(c3)C[C@@H](C)O4)C(=O)C(=O)N2CCc2ccccc2)cc(Br)c1O. The van der Waals surface area contributed by atoms with E-state index in [1.165, 1.54) is 12.0 Å². The summed E-state index contributed by atoms with van der Waals surface area (Å²) in [7, 11) is 1.42. The lowest BCUT2D eigenvalue weighted by Crippen LogP contribution is -2.31. The van der Waals surface area contributed by atoms with Crippen LogP contribution in [0.4, 0.5) is 0 Å². The van der Waals surface area contributed by atoms with Gasteiger partial charge in [-0.2, -0.15) is 0 Å². The van der Waals surface area contributed by atoms with Gasteiger partial charge in [-0.05, 0) is 76.3 Å². The van der Waals surface area contributed by atoms with Crippen LogP contribution in [0.3, 0.4) is 0 Å². The molecule has 37 heavy (non-hydrogen) atoms. The van der Waals surface area contributed by atoms with Gasteiger partial charge in [-0.3, -0.25) is 9.59 Å². The highest BCUT2D eigenvalue weighted by molar-refractivity contribution is 9.10. The summed E-state index contributed by atoms with van der Waals surface area (Å²) >= 11 is 3.34. The molecular formula is C29H26BrNO6. The molecule has 190 valence electrons. The number of nitrogens with zero attached hydrogens (tertiary/aromatic N) is 1. The van der Waals surface area contributed by atoms with E-state index in [1.807, 2.05) is 37.3 Å². The second-order valence-electron chi connectivity index (χ2n) is 9.24. The second-order valence-corrected chi connectivity index (χ2v) is 10.1. The smallest absolute Gasteiger partial charge is 0.295 e. The zero-order valence-electron chi connectivity index (χ0n) is 20.4. The largest absolute Gasteiger partial charge is 0.507 e. The summed E-state index contributed by atoms with van der Waals surface area (Å²) in [6, 6.07) is 17.3. The van der Waals surface area contributed by atoms with Crippen LogP contribution in [0.5, 0.6) is 17.2 Å². The summed E-state index contributed by atoms with van der Waals surface area (Å²) in [5.74, 6) is -0.873. The Hall–Kier alpha value is -3.78. The summed E-state index contributed by atoms with van der Waals surface area (Å²) in [6.07, 6.45) is 1.24. The van der Waals surface area contributed by atoms with E-state index in [0.717, 1.165) is 16.9 Å². The van der Waals surface area contributed by atoms with Gasteiger partial charge in [0.2, 0.25) is 0 Å². The molecule has 1 saturated heterocycles. The maximum Gasteiger partial charge on any atom is 0.295 e. The Labute approximate surface area is 223 Å². The lowest BCUT2D eigenvalue weighted by Gasteiger charge is -2.26. The number of benzene rings is 3. The average molecular weight is 564 g/mol. The van der Waals surface area contributed by atoms with Crippen molar-refractivity contribution in [1.82, 2.24) is 4.90 Å². The van der Waals surface area contributed by atoms with E-state index in [2.05, 4.69) is 15.9 Å². The molecule has 0 bridgehead atoms. The number of likely N-dealkylation sites (tertiary alicyclic amines) is 1. The van der Waals surface area contributed by atoms with Gasteiger partial charge in [0.25, 0.3) is 11.7 Å². The number of aromatic hydroxyl groups is 1. The molecule has 0 radical (unpaired) electrons. The first-order chi connectivity index (χ1) is 17.8. The molecular weight excluding hydrogens is 538 g/mol. The van der Waals surface area contributed by atoms with Gasteiger partial charge < -0.3 is 24.6 Å². The van der Waals surface area contributed by atoms with E-state index in [-0.39, 0.29) is 35.5 Å². The number of aliphatic hydroxyl groups is 1. The van der Waals surface area contributed by atoms with E-state index in [0.29, 0.717) is 28.4 Å². The molecule has 1 fully saturated rings. The van der Waals surface area contributed by atoms with Crippen molar-refractivity contribution in [2.45, 2.75) is 31.9 Å². The average Bonchev–Trinajstić information content (AvgIpc) is 3.39. The Balaban J connectivity index is 1.62. The third kappa shape index (κ3) is 4.57. The molecule has 2 N–H and O–H groups in total. The van der Waals surface area contributed by atoms with Crippen LogP contribution in [0, 0.1) is 0 Å². The first-order valence-electron chi connectivity index (χ1n) is 12.0. The Kier molecular flexibility index (Phi) is 6.69. The number of methoxy groups -OCH3 is 1. The van der Waals surface area contributed by atoms with Crippen LogP contribution in [0.2, 0.25) is 0 Å². The van der Waals surface area contributed by atoms with Gasteiger partial charge in [-0.15, -0.1) is 0 Å². The Morgan fingerprint density at radius 2 is 1.89 bits per heavy atom. The molecule has 2 aliphatic rings. The number of carbonyl (C=O) groups excluding carboxylic acids is 2. The number of hydrogen-bond acceptors (Lipinski definition) is 6. The van der Waals surface area contributed by atoms with E-state index in [9.17, 15) is 19.8 Å². The van der Waals surface area contributed by atoms with Gasteiger partial charge in [0.05, 0.1) is 23.2 Å². The van der Waals surface area contributed by atoms with Crippen molar-refractivity contribution in [3.63, 3.8) is 0 Å². The highest BCUT2D eigenvalue weighted by Crippen LogP contribution is 2.44. The number of carbonyl (C=O) groups is 2. The third-order valence-electron chi connectivity index (χ3n) is 6.78. The minimum absolute atomic E-state index is 0.00961. The van der Waals surface area contributed by atoms with Crippen LogP contribution in [-0.2, 0) is 22.4 Å². The number of amides is 1. The molecule has 1 amide bonds. The van der Waals surface area contributed by atoms with Crippen LogP contribution in [-0.4, -0.2) is 46.6 Å². The number of ketones is 1. The number of phenols is 1. The number of fused-ring (bicyclic) bond motifs is 1. The van der Waals surface area contributed by atoms with Crippen LogP contribution < -0.4 is 9.47 Å². The lowest BCUT2D eigenvalue weighted by molar-refractivity contribution is -0.139. The molecule has 7 nitrogen and oxygen atoms in total. The molecule has 0 unspecified atom stereocenters. The molecule has 8 heteroatoms. The van der Waals surface area contributed by atoms with Gasteiger partial charge in [0, 0.05) is 18.5 Å². The van der Waals surface area contributed by atoms with Gasteiger partial charge in [-0.25, -0.2) is 0 Å². The zero-order valence-corrected chi connectivity index (χ0v) is 22.0. The van der Waals surface area contributed by atoms with Gasteiger partial charge in [0.15, 0.2) is 11.5 Å². The van der Waals surface area contributed by atoms with E-state index in [1.54, 1.807) is 30.3 Å². The summed E-state index contributed by atoms with van der Waals surface area (Å²) < 4.78 is 11.4. The maximum absolute atomic E-state index is 13.4. The minimum atomic E-state index is -0.877. The number of phenolic OH excluding ortho intramolecular Hbond substituents is 1. The van der Waals surface area contributed by atoms with E-state index >= 15 is 0 Å². The van der Waals surface area contributed by atoms with Crippen molar-refractivity contribution in [1.29, 1.82) is 0 Å². The third-order valence-corrected chi connectivity index (χ3v) is 7.38. The van der Waals surface area contributed by atoms with Crippen molar-refractivity contribution in [3.05, 3.63) is 93.0 Å². The Morgan fingerprint density at radius 1 is 1.14 bits per heavy atom. The van der Waals surface area contributed by atoms with Gasteiger partial charge in [0.1, 0.15) is 17.6 Å². The molecule has 2 heterocycles. The zero-order chi connectivity index (χ0) is 26.3. The van der Waals surface area contributed by atoms with Crippen LogP contribution in [0.1, 0.15) is 35.2 Å². The fourth-order valence-corrected chi connectivity index (χ4v) is 5.44. The summed E-state index contributed by atoms with van der Waals surface area (Å²) in [4.78, 5) is 28.2. The standard InChI is InChI=1S/C29H26BrNO6/c1-16-12-19-13-18(8-9-22(19)37-16)26(32)24-25(20-14-21(30)27(33)23(15-20)36-2)31(29(35)28(24)34)11-10-17-6-4-3-5-7-17/h3-9,13-16,25,32-33H,10-12H2,1-2H3/t16-,25+/m1/s1. The number of Topliss-reactive ketones (excluding diaryl/α,β-unsaturated/α-hetero) is 1. The lowest BCUT2D eigenvalue weighted by atomic mass is 9.94. The molecule has 3 aromatic rings. The Morgan fingerprint density at radius 3 is 2.62 bits per heavy atom. The number of rotatable bonds is 6. The predicted octanol–water partition coefficient (Wildman–Crippen LogP) is 5.15. The summed E-state index contributed by atoms with van der Waals surface area (Å²) in [5, 5.41) is 21.8. The van der Waals surface area contributed by atoms with Gasteiger partial charge >= 0.3 is 0 Å². The monoisotopic (exact) mass is 563 g/mol. The quantitative estimate of drug-likeness (QED) is 0.244. The second kappa shape index (κ2) is 9.94. The van der Waals surface area contributed by atoms with Crippen molar-refractivity contribution in [3.8, 4) is 17.2 Å². The van der Waals surface area contributed by atoms with E-state index in [4.69, 9.17) is 9.47 Å². The fraction of sp³-hybridized carbons (Fsp3) is 0.241. The van der Waals surface area contributed by atoms with E-state index < -0.39 is 17.7 Å². The molecule has 0 saturated carbocycles. The molecule has 0 aliphatic carbocycles. The highest BCUT2D eigenvalue weighted by atomic mass is 79.9. The summed E-state index contributed by atoms with van der Waals surface area (Å²) in [6.45, 7) is 2.22. The normalized spacial score (nSPS) is 20.1. The molecule has 0 aromatic heterocycles. The number of aliphatic hydroxyl groups excluding tert-OH is 1. The van der Waals surface area contributed by atoms with Crippen LogP contribution in [0.25, 0.3) is 5.76 Å². The van der Waals surface area contributed by atoms with Gasteiger partial charge in [-0.1, -0.05) is 30.3 Å². The molecule has 2 atom stereocenters. The molecule has 2 aliphatic heterocycles. The number of ether oxygens (including phenoxy) is 2. The molecule has 3 aromatic carbocycles. The first kappa shape index (κ1) is 24.9.